The van der Waals surface area contributed by atoms with Crippen molar-refractivity contribution < 1.29 is 26.3 Å². The highest BCUT2D eigenvalue weighted by Crippen LogP contribution is 2.32. The molecule has 0 saturated heterocycles. The zero-order chi connectivity index (χ0) is 27.5. The van der Waals surface area contributed by atoms with Crippen molar-refractivity contribution in [2.24, 2.45) is 5.92 Å². The number of aryl methyl sites for hydroxylation is 1. The summed E-state index contributed by atoms with van der Waals surface area (Å²) in [6.45, 7) is 11.5. The number of fused-ring (bicyclic) bond motifs is 1. The van der Waals surface area contributed by atoms with Crippen LogP contribution in [-0.4, -0.2) is 14.8 Å². The van der Waals surface area contributed by atoms with E-state index in [0.717, 1.165) is 29.9 Å². The Labute approximate surface area is 208 Å². The number of hydrogen-bond acceptors (Lipinski definition) is 3. The number of aromatic nitrogens is 3. The first-order valence-corrected chi connectivity index (χ1v) is 11.8. The number of rotatable bonds is 1. The molecule has 3 aromatic rings. The van der Waals surface area contributed by atoms with Crippen LogP contribution in [0.1, 0.15) is 69.7 Å². The lowest BCUT2D eigenvalue weighted by molar-refractivity contribution is -0.212. The number of benzene rings is 1. The van der Waals surface area contributed by atoms with Crippen LogP contribution in [0.4, 0.5) is 32.0 Å². The first-order chi connectivity index (χ1) is 16.8. The molecule has 2 aromatic heterocycles. The third-order valence-corrected chi connectivity index (χ3v) is 5.28. The second-order valence-corrected chi connectivity index (χ2v) is 8.25. The van der Waals surface area contributed by atoms with E-state index in [4.69, 9.17) is 5.73 Å². The number of nitrogens with two attached hydrogens (primary N) is 1. The molecule has 1 aromatic carbocycles. The van der Waals surface area contributed by atoms with E-state index >= 15 is 0 Å². The second kappa shape index (κ2) is 13.9. The van der Waals surface area contributed by atoms with Crippen LogP contribution in [0.15, 0.2) is 43.2 Å². The van der Waals surface area contributed by atoms with E-state index in [1.54, 1.807) is 12.1 Å². The topological polar surface area (TPSA) is 56.7 Å². The van der Waals surface area contributed by atoms with Crippen LogP contribution >= 0.6 is 0 Å². The molecule has 2 heterocycles. The first-order valence-electron chi connectivity index (χ1n) is 11.8. The van der Waals surface area contributed by atoms with Gasteiger partial charge in [0.15, 0.2) is 0 Å². The van der Waals surface area contributed by atoms with Crippen molar-refractivity contribution in [3.8, 4) is 0 Å². The first kappa shape index (κ1) is 31.0. The molecule has 0 atom stereocenters. The van der Waals surface area contributed by atoms with Crippen LogP contribution in [0.2, 0.25) is 0 Å². The Bertz CT molecular complexity index is 1080. The lowest BCUT2D eigenvalue weighted by Gasteiger charge is -2.15. The second-order valence-electron chi connectivity index (χ2n) is 8.25. The van der Waals surface area contributed by atoms with Gasteiger partial charge in [0.05, 0.1) is 11.7 Å². The zero-order valence-corrected chi connectivity index (χ0v) is 21.0. The predicted octanol–water partition coefficient (Wildman–Crippen LogP) is 8.76. The Kier molecular flexibility index (Phi) is 12.0. The van der Waals surface area contributed by atoms with E-state index < -0.39 is 18.2 Å². The van der Waals surface area contributed by atoms with Gasteiger partial charge in [0.1, 0.15) is 5.69 Å². The quantitative estimate of drug-likeness (QED) is 0.329. The largest absolute Gasteiger partial charge is 0.504 e. The molecule has 1 fully saturated rings. The lowest BCUT2D eigenvalue weighted by atomic mass is 9.91. The molecule has 1 aliphatic rings. The average molecular weight is 517 g/mol. The maximum atomic E-state index is 12.5. The minimum Gasteiger partial charge on any atom is -0.398 e. The number of pyridine rings is 1. The van der Waals surface area contributed by atoms with Gasteiger partial charge in [-0.1, -0.05) is 77.2 Å². The molecule has 10 heteroatoms. The van der Waals surface area contributed by atoms with Gasteiger partial charge in [-0.25, -0.2) is 4.98 Å². The van der Waals surface area contributed by atoms with E-state index in [1.165, 1.54) is 44.2 Å². The van der Waals surface area contributed by atoms with Crippen molar-refractivity contribution in [3.05, 3.63) is 60.1 Å². The normalized spacial score (nSPS) is 13.9. The van der Waals surface area contributed by atoms with E-state index in [1.807, 2.05) is 20.8 Å². The Morgan fingerprint density at radius 2 is 1.64 bits per heavy atom. The van der Waals surface area contributed by atoms with Crippen LogP contribution in [0.3, 0.4) is 0 Å². The Hall–Kier alpha value is -3.04. The van der Waals surface area contributed by atoms with Gasteiger partial charge in [-0.15, -0.1) is 13.2 Å². The fourth-order valence-corrected chi connectivity index (χ4v) is 3.40. The summed E-state index contributed by atoms with van der Waals surface area (Å²) in [6, 6.07) is 5.82. The molecule has 36 heavy (non-hydrogen) atoms. The summed E-state index contributed by atoms with van der Waals surface area (Å²) in [5, 5.41) is 3.63. The van der Waals surface area contributed by atoms with E-state index in [2.05, 4.69) is 23.6 Å². The third kappa shape index (κ3) is 9.91. The molecule has 0 radical (unpaired) electrons. The number of halogens is 6. The van der Waals surface area contributed by atoms with Gasteiger partial charge in [0.25, 0.3) is 0 Å². The maximum Gasteiger partial charge on any atom is 0.504 e. The zero-order valence-electron chi connectivity index (χ0n) is 21.0. The Balaban J connectivity index is 0.000000281. The van der Waals surface area contributed by atoms with E-state index in [0.29, 0.717) is 10.9 Å². The van der Waals surface area contributed by atoms with Crippen molar-refractivity contribution in [2.45, 2.75) is 72.3 Å². The predicted molar refractivity (Wildman–Crippen MR) is 133 cm³/mol. The molecule has 0 spiro atoms. The van der Waals surface area contributed by atoms with E-state index in [-0.39, 0.29) is 15.9 Å². The van der Waals surface area contributed by atoms with Crippen LogP contribution < -0.4 is 5.73 Å². The van der Waals surface area contributed by atoms with E-state index in [9.17, 15) is 26.3 Å². The summed E-state index contributed by atoms with van der Waals surface area (Å²) in [5.74, 6) is 1.04. The smallest absolute Gasteiger partial charge is 0.398 e. The molecule has 0 aliphatic heterocycles. The minimum atomic E-state index is -4.47. The van der Waals surface area contributed by atoms with Gasteiger partial charge in [-0.05, 0) is 31.0 Å². The van der Waals surface area contributed by atoms with Crippen LogP contribution in [0.25, 0.3) is 17.0 Å². The SMILES string of the molecule is C=Cc1cnn(C(F)(F)F)c1.CC.CC1CCCCC1.Cc1ccc2nc(C(F)(F)F)cc(N)c2c1. The highest BCUT2D eigenvalue weighted by molar-refractivity contribution is 5.90. The molecular weight excluding hydrogens is 482 g/mol. The van der Waals surface area contributed by atoms with Gasteiger partial charge in [0.2, 0.25) is 0 Å². The summed E-state index contributed by atoms with van der Waals surface area (Å²) in [4.78, 5) is 3.54. The molecule has 200 valence electrons. The number of nitrogen functional groups attached to an aromatic ring is 1. The molecule has 1 saturated carbocycles. The Morgan fingerprint density at radius 3 is 2.06 bits per heavy atom. The molecule has 0 amide bonds. The summed E-state index contributed by atoms with van der Waals surface area (Å²) >= 11 is 0. The van der Waals surface area contributed by atoms with Crippen molar-refractivity contribution in [3.63, 3.8) is 0 Å². The molecule has 2 N–H and O–H groups in total. The van der Waals surface area contributed by atoms with Gasteiger partial charge in [-0.3, -0.25) is 0 Å². The molecule has 1 aliphatic carbocycles. The highest BCUT2D eigenvalue weighted by atomic mass is 19.4. The Morgan fingerprint density at radius 1 is 1.03 bits per heavy atom. The fraction of sp³-hybridized carbons (Fsp3) is 0.462. The lowest BCUT2D eigenvalue weighted by Crippen LogP contribution is -2.16. The molecule has 0 unspecified atom stereocenters. The van der Waals surface area contributed by atoms with Crippen molar-refractivity contribution >= 4 is 22.7 Å². The fourth-order valence-electron chi connectivity index (χ4n) is 3.40. The summed E-state index contributed by atoms with van der Waals surface area (Å²) in [6.07, 6.45) is 1.81. The molecule has 0 bridgehead atoms. The number of anilines is 1. The monoisotopic (exact) mass is 516 g/mol. The van der Waals surface area contributed by atoms with Crippen molar-refractivity contribution in [1.82, 2.24) is 14.8 Å². The van der Waals surface area contributed by atoms with Crippen molar-refractivity contribution in [1.29, 1.82) is 0 Å². The van der Waals surface area contributed by atoms with Crippen LogP contribution in [0.5, 0.6) is 0 Å². The van der Waals surface area contributed by atoms with Crippen LogP contribution in [-0.2, 0) is 12.5 Å². The molecule has 4 rings (SSSR count). The van der Waals surface area contributed by atoms with Gasteiger partial charge in [0, 0.05) is 22.8 Å². The maximum absolute atomic E-state index is 12.5. The standard InChI is InChI=1S/C11H9F3N2.C7H14.C6H5F3N2.C2H6/c1-6-2-3-9-7(4-6)8(15)5-10(16-9)11(12,13)14;1-7-5-3-2-4-6-7;1-2-5-3-10-11(4-5)6(7,8)9;1-2/h2-5H,1H3,(H2,15,16);7H,2-6H2,1H3;2-4H,1H2;1-2H3. The molecular formula is C26H34F6N4. The molecule has 4 nitrogen and oxygen atoms in total. The number of hydrogen-bond donors (Lipinski definition) is 1. The van der Waals surface area contributed by atoms with Gasteiger partial charge in [-0.2, -0.15) is 23.0 Å². The summed E-state index contributed by atoms with van der Waals surface area (Å²) in [5.41, 5.74) is 6.27. The number of alkyl halides is 6. The number of nitrogens with zero attached hydrogens (tertiary/aromatic N) is 3. The third-order valence-electron chi connectivity index (χ3n) is 5.28. The summed E-state index contributed by atoms with van der Waals surface area (Å²) in [7, 11) is 0. The highest BCUT2D eigenvalue weighted by Gasteiger charge is 2.33. The average Bonchev–Trinajstić information content (AvgIpc) is 3.32. The minimum absolute atomic E-state index is 0.0655. The van der Waals surface area contributed by atoms with Gasteiger partial charge >= 0.3 is 12.5 Å². The van der Waals surface area contributed by atoms with Crippen LogP contribution in [0, 0.1) is 12.8 Å². The van der Waals surface area contributed by atoms with Crippen molar-refractivity contribution in [2.75, 3.05) is 5.73 Å². The van der Waals surface area contributed by atoms with Gasteiger partial charge < -0.3 is 5.73 Å². The summed E-state index contributed by atoms with van der Waals surface area (Å²) < 4.78 is 72.7.